The zero-order valence-corrected chi connectivity index (χ0v) is 17.0. The average Bonchev–Trinajstić information content (AvgIpc) is 2.75. The fourth-order valence-electron chi connectivity index (χ4n) is 2.43. The molecule has 0 radical (unpaired) electrons. The molecular weight excluding hydrogens is 389 g/mol. The van der Waals surface area contributed by atoms with Gasteiger partial charge in [0, 0.05) is 19.8 Å². The summed E-state index contributed by atoms with van der Waals surface area (Å²) in [6.07, 6.45) is 1.61. The SMILES string of the molecule is COc1ccc(/C=N\Nc2nc(Nc3ccc(F)cc3)nc(N(C)C)n2)cc1OC. The molecule has 10 heteroatoms. The Morgan fingerprint density at radius 1 is 0.933 bits per heavy atom. The van der Waals surface area contributed by atoms with Crippen LogP contribution in [-0.2, 0) is 0 Å². The van der Waals surface area contributed by atoms with Crippen LogP contribution in [0.5, 0.6) is 11.5 Å². The summed E-state index contributed by atoms with van der Waals surface area (Å²) in [6, 6.07) is 11.3. The van der Waals surface area contributed by atoms with Gasteiger partial charge in [-0.2, -0.15) is 20.1 Å². The van der Waals surface area contributed by atoms with Gasteiger partial charge in [0.25, 0.3) is 0 Å². The largest absolute Gasteiger partial charge is 0.493 e. The third-order valence-electron chi connectivity index (χ3n) is 3.91. The maximum Gasteiger partial charge on any atom is 0.250 e. The molecule has 0 aliphatic heterocycles. The number of aromatic nitrogens is 3. The van der Waals surface area contributed by atoms with Gasteiger partial charge in [0.2, 0.25) is 17.8 Å². The standard InChI is InChI=1S/C20H22FN7O2/c1-28(2)20-25-18(23-15-8-6-14(21)7-9-15)24-19(26-20)27-22-12-13-5-10-16(29-3)17(11-13)30-4/h5-12H,1-4H3,(H2,23,24,25,26,27)/b22-12-. The van der Waals surface area contributed by atoms with E-state index in [2.05, 4.69) is 30.8 Å². The van der Waals surface area contributed by atoms with E-state index in [-0.39, 0.29) is 11.8 Å². The van der Waals surface area contributed by atoms with Crippen molar-refractivity contribution in [3.8, 4) is 11.5 Å². The molecule has 1 heterocycles. The molecule has 0 saturated heterocycles. The Morgan fingerprint density at radius 2 is 1.63 bits per heavy atom. The molecule has 0 unspecified atom stereocenters. The van der Waals surface area contributed by atoms with Crippen LogP contribution < -0.4 is 25.1 Å². The lowest BCUT2D eigenvalue weighted by molar-refractivity contribution is 0.355. The molecule has 3 aromatic rings. The summed E-state index contributed by atoms with van der Waals surface area (Å²) in [5.41, 5.74) is 4.24. The predicted molar refractivity (Wildman–Crippen MR) is 115 cm³/mol. The number of anilines is 4. The first kappa shape index (κ1) is 20.8. The van der Waals surface area contributed by atoms with E-state index in [9.17, 15) is 4.39 Å². The van der Waals surface area contributed by atoms with Crippen LogP contribution in [0, 0.1) is 5.82 Å². The molecule has 0 amide bonds. The van der Waals surface area contributed by atoms with E-state index in [1.54, 1.807) is 49.6 Å². The van der Waals surface area contributed by atoms with E-state index in [1.165, 1.54) is 12.1 Å². The van der Waals surface area contributed by atoms with E-state index < -0.39 is 0 Å². The van der Waals surface area contributed by atoms with Crippen molar-refractivity contribution in [2.45, 2.75) is 0 Å². The number of benzene rings is 2. The van der Waals surface area contributed by atoms with Crippen LogP contribution in [0.15, 0.2) is 47.6 Å². The zero-order valence-electron chi connectivity index (χ0n) is 17.0. The van der Waals surface area contributed by atoms with Gasteiger partial charge >= 0.3 is 0 Å². The van der Waals surface area contributed by atoms with Crippen molar-refractivity contribution in [1.29, 1.82) is 0 Å². The average molecular weight is 411 g/mol. The molecule has 0 atom stereocenters. The third kappa shape index (κ3) is 5.31. The highest BCUT2D eigenvalue weighted by Gasteiger charge is 2.09. The summed E-state index contributed by atoms with van der Waals surface area (Å²) < 4.78 is 23.6. The Labute approximate surface area is 173 Å². The van der Waals surface area contributed by atoms with Crippen molar-refractivity contribution in [1.82, 2.24) is 15.0 Å². The number of halogens is 1. The topological polar surface area (TPSA) is 96.8 Å². The molecule has 0 aliphatic carbocycles. The number of nitrogens with one attached hydrogen (secondary N) is 2. The van der Waals surface area contributed by atoms with Crippen molar-refractivity contribution < 1.29 is 13.9 Å². The van der Waals surface area contributed by atoms with Crippen LogP contribution >= 0.6 is 0 Å². The highest BCUT2D eigenvalue weighted by molar-refractivity contribution is 5.81. The normalized spacial score (nSPS) is 10.7. The van der Waals surface area contributed by atoms with E-state index in [0.29, 0.717) is 29.1 Å². The lowest BCUT2D eigenvalue weighted by Gasteiger charge is -2.13. The minimum absolute atomic E-state index is 0.245. The molecule has 9 nitrogen and oxygen atoms in total. The summed E-state index contributed by atoms with van der Waals surface area (Å²) >= 11 is 0. The summed E-state index contributed by atoms with van der Waals surface area (Å²) in [5.74, 6) is 1.88. The maximum absolute atomic E-state index is 13.1. The lowest BCUT2D eigenvalue weighted by Crippen LogP contribution is -2.15. The van der Waals surface area contributed by atoms with Gasteiger partial charge in [0.15, 0.2) is 11.5 Å². The van der Waals surface area contributed by atoms with E-state index >= 15 is 0 Å². The van der Waals surface area contributed by atoms with E-state index in [0.717, 1.165) is 5.56 Å². The second kappa shape index (κ2) is 9.50. The van der Waals surface area contributed by atoms with Gasteiger partial charge in [0.1, 0.15) is 5.82 Å². The molecule has 0 aliphatic rings. The second-order valence-electron chi connectivity index (χ2n) is 6.29. The predicted octanol–water partition coefficient (Wildman–Crippen LogP) is 3.28. The molecule has 156 valence electrons. The highest BCUT2D eigenvalue weighted by atomic mass is 19.1. The Kier molecular flexibility index (Phi) is 6.58. The van der Waals surface area contributed by atoms with Crippen molar-refractivity contribution in [2.24, 2.45) is 5.10 Å². The molecule has 0 fully saturated rings. The molecule has 2 N–H and O–H groups in total. The lowest BCUT2D eigenvalue weighted by atomic mass is 10.2. The summed E-state index contributed by atoms with van der Waals surface area (Å²) in [6.45, 7) is 0. The summed E-state index contributed by atoms with van der Waals surface area (Å²) in [5, 5.41) is 7.21. The van der Waals surface area contributed by atoms with Crippen molar-refractivity contribution in [2.75, 3.05) is 44.0 Å². The van der Waals surface area contributed by atoms with Gasteiger partial charge in [0.05, 0.1) is 20.4 Å². The number of hydrogen-bond donors (Lipinski definition) is 2. The quantitative estimate of drug-likeness (QED) is 0.431. The van der Waals surface area contributed by atoms with Crippen LogP contribution in [0.2, 0.25) is 0 Å². The second-order valence-corrected chi connectivity index (χ2v) is 6.29. The number of hydrazone groups is 1. The van der Waals surface area contributed by atoms with E-state index in [1.807, 2.05) is 20.2 Å². The molecular formula is C20H22FN7O2. The maximum atomic E-state index is 13.1. The van der Waals surface area contributed by atoms with Gasteiger partial charge in [-0.1, -0.05) is 0 Å². The van der Waals surface area contributed by atoms with Crippen molar-refractivity contribution in [3.63, 3.8) is 0 Å². The minimum Gasteiger partial charge on any atom is -0.493 e. The Balaban J connectivity index is 1.78. The van der Waals surface area contributed by atoms with Crippen LogP contribution in [0.4, 0.5) is 27.9 Å². The van der Waals surface area contributed by atoms with Crippen LogP contribution in [0.25, 0.3) is 0 Å². The fraction of sp³-hybridized carbons (Fsp3) is 0.200. The van der Waals surface area contributed by atoms with Gasteiger partial charge in [-0.05, 0) is 48.0 Å². The Hall–Kier alpha value is -3.95. The van der Waals surface area contributed by atoms with E-state index in [4.69, 9.17) is 9.47 Å². The monoisotopic (exact) mass is 411 g/mol. The zero-order chi connectivity index (χ0) is 21.5. The first-order valence-electron chi connectivity index (χ1n) is 8.95. The molecule has 3 rings (SSSR count). The molecule has 1 aromatic heterocycles. The number of nitrogens with zero attached hydrogens (tertiary/aromatic N) is 5. The summed E-state index contributed by atoms with van der Waals surface area (Å²) in [7, 11) is 6.77. The molecule has 0 bridgehead atoms. The van der Waals surface area contributed by atoms with Crippen molar-refractivity contribution >= 4 is 29.7 Å². The van der Waals surface area contributed by atoms with Crippen LogP contribution in [-0.4, -0.2) is 49.5 Å². The fourth-order valence-corrected chi connectivity index (χ4v) is 2.43. The first-order chi connectivity index (χ1) is 14.5. The molecule has 0 saturated carbocycles. The highest BCUT2D eigenvalue weighted by Crippen LogP contribution is 2.27. The van der Waals surface area contributed by atoms with Crippen LogP contribution in [0.3, 0.4) is 0 Å². The molecule has 30 heavy (non-hydrogen) atoms. The van der Waals surface area contributed by atoms with Gasteiger partial charge in [-0.15, -0.1) is 0 Å². The first-order valence-corrected chi connectivity index (χ1v) is 8.95. The Bertz CT molecular complexity index is 1030. The third-order valence-corrected chi connectivity index (χ3v) is 3.91. The van der Waals surface area contributed by atoms with Crippen LogP contribution in [0.1, 0.15) is 5.56 Å². The smallest absolute Gasteiger partial charge is 0.250 e. The number of rotatable bonds is 8. The van der Waals surface area contributed by atoms with Crippen molar-refractivity contribution in [3.05, 3.63) is 53.8 Å². The number of ether oxygens (including phenoxy) is 2. The molecule has 2 aromatic carbocycles. The number of hydrogen-bond acceptors (Lipinski definition) is 9. The molecule has 0 spiro atoms. The summed E-state index contributed by atoms with van der Waals surface area (Å²) in [4.78, 5) is 14.7. The number of methoxy groups -OCH3 is 2. The Morgan fingerprint density at radius 3 is 2.30 bits per heavy atom. The minimum atomic E-state index is -0.322. The van der Waals surface area contributed by atoms with Gasteiger partial charge < -0.3 is 19.7 Å². The van der Waals surface area contributed by atoms with Gasteiger partial charge in [-0.3, -0.25) is 0 Å². The van der Waals surface area contributed by atoms with Gasteiger partial charge in [-0.25, -0.2) is 9.82 Å².